The number of carbonyl (C=O) groups excluding carboxylic acids is 1. The summed E-state index contributed by atoms with van der Waals surface area (Å²) in [4.78, 5) is 27.0. The fourth-order valence-electron chi connectivity index (χ4n) is 4.37. The second kappa shape index (κ2) is 10.00. The summed E-state index contributed by atoms with van der Waals surface area (Å²) in [7, 11) is 4.13. The highest BCUT2D eigenvalue weighted by Crippen LogP contribution is 2.31. The van der Waals surface area contributed by atoms with Gasteiger partial charge < -0.3 is 19.7 Å². The lowest BCUT2D eigenvalue weighted by Gasteiger charge is -2.32. The van der Waals surface area contributed by atoms with Gasteiger partial charge in [0.25, 0.3) is 0 Å². The fourth-order valence-corrected chi connectivity index (χ4v) is 5.50. The number of anilines is 2. The predicted molar refractivity (Wildman–Crippen MR) is 141 cm³/mol. The quantitative estimate of drug-likeness (QED) is 0.268. The van der Waals surface area contributed by atoms with Gasteiger partial charge in [0.1, 0.15) is 0 Å². The van der Waals surface area contributed by atoms with Gasteiger partial charge >= 0.3 is 0 Å². The standard InChI is InChI=1S/C25H29ClN6OS/c1-30-11-13-32(14-12-30)10-4-3-5-22(33)17-6-9-21-20(15-17)27-24(31(21)2)29-25-28-19-8-7-18(26)16-23(19)34-25/h6-9,15-16H,3-5,10-14H2,1-2H3,(H,27,28,29). The summed E-state index contributed by atoms with van der Waals surface area (Å²) in [6, 6.07) is 11.5. The molecule has 9 heteroatoms. The Labute approximate surface area is 208 Å². The molecule has 1 aliphatic heterocycles. The molecule has 0 amide bonds. The van der Waals surface area contributed by atoms with Crippen molar-refractivity contribution in [2.24, 2.45) is 7.05 Å². The number of carbonyl (C=O) groups is 1. The number of piperazine rings is 1. The van der Waals surface area contributed by atoms with Crippen molar-refractivity contribution in [3.8, 4) is 0 Å². The van der Waals surface area contributed by atoms with Crippen molar-refractivity contribution < 1.29 is 4.79 Å². The maximum atomic E-state index is 12.8. The number of nitrogens with zero attached hydrogens (tertiary/aromatic N) is 5. The summed E-state index contributed by atoms with van der Waals surface area (Å²) < 4.78 is 3.01. The molecule has 0 atom stereocenters. The number of rotatable bonds is 8. The molecule has 34 heavy (non-hydrogen) atoms. The second-order valence-corrected chi connectivity index (χ2v) is 10.4. The van der Waals surface area contributed by atoms with Crippen LogP contribution in [0.25, 0.3) is 21.3 Å². The van der Waals surface area contributed by atoms with Crippen LogP contribution >= 0.6 is 22.9 Å². The number of ketones is 1. The number of Topliss-reactive ketones (excluding diaryl/α,β-unsaturated/α-hetero) is 1. The molecule has 0 saturated carbocycles. The fraction of sp³-hybridized carbons (Fsp3) is 0.400. The van der Waals surface area contributed by atoms with Crippen molar-refractivity contribution in [2.75, 3.05) is 45.1 Å². The number of aromatic nitrogens is 3. The maximum Gasteiger partial charge on any atom is 0.209 e. The molecule has 4 aromatic rings. The zero-order valence-corrected chi connectivity index (χ0v) is 21.1. The van der Waals surface area contributed by atoms with Gasteiger partial charge in [-0.1, -0.05) is 22.9 Å². The topological polar surface area (TPSA) is 66.3 Å². The Morgan fingerprint density at radius 2 is 1.85 bits per heavy atom. The van der Waals surface area contributed by atoms with E-state index in [0.29, 0.717) is 17.4 Å². The molecule has 2 aromatic carbocycles. The first-order valence-electron chi connectivity index (χ1n) is 11.7. The van der Waals surface area contributed by atoms with Crippen molar-refractivity contribution in [2.45, 2.75) is 19.3 Å². The van der Waals surface area contributed by atoms with Crippen LogP contribution in [0.4, 0.5) is 11.1 Å². The van der Waals surface area contributed by atoms with Crippen molar-refractivity contribution >= 4 is 61.1 Å². The minimum atomic E-state index is 0.184. The van der Waals surface area contributed by atoms with Gasteiger partial charge in [-0.2, -0.15) is 0 Å². The van der Waals surface area contributed by atoms with Gasteiger partial charge in [0.15, 0.2) is 10.9 Å². The van der Waals surface area contributed by atoms with Gasteiger partial charge in [0.05, 0.1) is 21.3 Å². The van der Waals surface area contributed by atoms with Gasteiger partial charge in [-0.3, -0.25) is 4.79 Å². The molecule has 0 spiro atoms. The Morgan fingerprint density at radius 1 is 1.03 bits per heavy atom. The number of unbranched alkanes of at least 4 members (excludes halogenated alkanes) is 1. The number of halogens is 1. The molecule has 2 aromatic heterocycles. The summed E-state index contributed by atoms with van der Waals surface area (Å²) >= 11 is 7.63. The number of aryl methyl sites for hydroxylation is 1. The van der Waals surface area contributed by atoms with Crippen molar-refractivity contribution in [3.05, 3.63) is 47.0 Å². The highest BCUT2D eigenvalue weighted by molar-refractivity contribution is 7.22. The largest absolute Gasteiger partial charge is 0.313 e. The van der Waals surface area contributed by atoms with E-state index >= 15 is 0 Å². The van der Waals surface area contributed by atoms with Crippen LogP contribution in [0.2, 0.25) is 5.02 Å². The van der Waals surface area contributed by atoms with E-state index in [1.165, 1.54) is 11.3 Å². The lowest BCUT2D eigenvalue weighted by atomic mass is 10.0. The molecule has 1 saturated heterocycles. The monoisotopic (exact) mass is 496 g/mol. The third kappa shape index (κ3) is 5.10. The lowest BCUT2D eigenvalue weighted by molar-refractivity contribution is 0.0975. The Balaban J connectivity index is 1.22. The van der Waals surface area contributed by atoms with E-state index in [1.807, 2.05) is 48.0 Å². The Bertz CT molecular complexity index is 1320. The molecule has 3 heterocycles. The van der Waals surface area contributed by atoms with Crippen LogP contribution in [-0.2, 0) is 7.05 Å². The van der Waals surface area contributed by atoms with Crippen molar-refractivity contribution in [1.29, 1.82) is 0 Å². The van der Waals surface area contributed by atoms with E-state index in [0.717, 1.165) is 77.5 Å². The number of benzene rings is 2. The molecule has 1 aliphatic rings. The zero-order chi connectivity index (χ0) is 23.7. The molecule has 0 aliphatic carbocycles. The van der Waals surface area contributed by atoms with E-state index in [9.17, 15) is 4.79 Å². The van der Waals surface area contributed by atoms with Crippen molar-refractivity contribution in [1.82, 2.24) is 24.3 Å². The van der Waals surface area contributed by atoms with Gasteiger partial charge in [0.2, 0.25) is 5.95 Å². The molecule has 1 fully saturated rings. The number of thiazole rings is 1. The average Bonchev–Trinajstić information content (AvgIpc) is 3.37. The highest BCUT2D eigenvalue weighted by atomic mass is 35.5. The van der Waals surface area contributed by atoms with Gasteiger partial charge in [0, 0.05) is 50.2 Å². The first-order chi connectivity index (χ1) is 16.5. The van der Waals surface area contributed by atoms with Crippen LogP contribution in [0.3, 0.4) is 0 Å². The van der Waals surface area contributed by atoms with Crippen molar-refractivity contribution in [3.63, 3.8) is 0 Å². The predicted octanol–water partition coefficient (Wildman–Crippen LogP) is 5.18. The second-order valence-electron chi connectivity index (χ2n) is 8.98. The Kier molecular flexibility index (Phi) is 6.83. The maximum absolute atomic E-state index is 12.8. The smallest absolute Gasteiger partial charge is 0.209 e. The number of fused-ring (bicyclic) bond motifs is 2. The zero-order valence-electron chi connectivity index (χ0n) is 19.6. The van der Waals surface area contributed by atoms with E-state index in [2.05, 4.69) is 27.1 Å². The third-order valence-electron chi connectivity index (χ3n) is 6.50. The number of nitrogens with one attached hydrogen (secondary N) is 1. The highest BCUT2D eigenvalue weighted by Gasteiger charge is 2.15. The molecule has 0 radical (unpaired) electrons. The van der Waals surface area contributed by atoms with Crippen LogP contribution in [0.5, 0.6) is 0 Å². The van der Waals surface area contributed by atoms with Crippen LogP contribution in [0.15, 0.2) is 36.4 Å². The van der Waals surface area contributed by atoms with Gasteiger partial charge in [-0.15, -0.1) is 0 Å². The number of hydrogen-bond acceptors (Lipinski definition) is 7. The molecule has 1 N–H and O–H groups in total. The van der Waals surface area contributed by atoms with E-state index in [1.54, 1.807) is 0 Å². The lowest BCUT2D eigenvalue weighted by Crippen LogP contribution is -2.44. The average molecular weight is 497 g/mol. The molecule has 0 unspecified atom stereocenters. The molecule has 7 nitrogen and oxygen atoms in total. The summed E-state index contributed by atoms with van der Waals surface area (Å²) in [5.41, 5.74) is 3.40. The van der Waals surface area contributed by atoms with Crippen LogP contribution in [-0.4, -0.2) is 69.9 Å². The molecule has 5 rings (SSSR count). The van der Waals surface area contributed by atoms with Gasteiger partial charge in [-0.05, 0) is 62.8 Å². The summed E-state index contributed by atoms with van der Waals surface area (Å²) in [6.45, 7) is 5.59. The molecule has 0 bridgehead atoms. The van der Waals surface area contributed by atoms with E-state index in [-0.39, 0.29) is 5.78 Å². The first-order valence-corrected chi connectivity index (χ1v) is 12.9. The third-order valence-corrected chi connectivity index (χ3v) is 7.66. The minimum absolute atomic E-state index is 0.184. The minimum Gasteiger partial charge on any atom is -0.313 e. The number of imidazole rings is 1. The normalized spacial score (nSPS) is 15.4. The summed E-state index contributed by atoms with van der Waals surface area (Å²) in [5.74, 6) is 0.875. The number of hydrogen-bond donors (Lipinski definition) is 1. The van der Waals surface area contributed by atoms with Crippen LogP contribution in [0, 0.1) is 0 Å². The summed E-state index contributed by atoms with van der Waals surface area (Å²) in [5, 5.41) is 4.77. The molecular formula is C25H29ClN6OS. The van der Waals surface area contributed by atoms with Crippen LogP contribution < -0.4 is 5.32 Å². The molecule has 178 valence electrons. The van der Waals surface area contributed by atoms with E-state index in [4.69, 9.17) is 16.6 Å². The SMILES string of the molecule is CN1CCN(CCCCC(=O)c2ccc3c(c2)nc(Nc2nc4ccc(Cl)cc4s2)n3C)CC1. The van der Waals surface area contributed by atoms with Crippen LogP contribution in [0.1, 0.15) is 29.6 Å². The Hall–Kier alpha value is -2.52. The van der Waals surface area contributed by atoms with Gasteiger partial charge in [-0.25, -0.2) is 9.97 Å². The molecular weight excluding hydrogens is 468 g/mol. The van der Waals surface area contributed by atoms with E-state index < -0.39 is 0 Å². The first kappa shape index (κ1) is 23.2. The summed E-state index contributed by atoms with van der Waals surface area (Å²) in [6.07, 6.45) is 2.55. The number of likely N-dealkylation sites (N-methyl/N-ethyl adjacent to an activating group) is 1. The Morgan fingerprint density at radius 3 is 2.68 bits per heavy atom.